The van der Waals surface area contributed by atoms with Crippen LogP contribution in [0.1, 0.15) is 39.2 Å². The van der Waals surface area contributed by atoms with Gasteiger partial charge in [-0.15, -0.1) is 0 Å². The number of nitriles is 1. The summed E-state index contributed by atoms with van der Waals surface area (Å²) < 4.78 is 22.7. The Morgan fingerprint density at radius 2 is 1.86 bits per heavy atom. The number of allylic oxidation sites excluding steroid dienone is 2. The molecule has 0 amide bonds. The van der Waals surface area contributed by atoms with Gasteiger partial charge in [0.25, 0.3) is 0 Å². The normalized spacial score (nSPS) is 16.4. The molecular weight excluding hydrogens is 428 g/mol. The van der Waals surface area contributed by atoms with Gasteiger partial charge in [-0.3, -0.25) is 0 Å². The zero-order valence-electron chi connectivity index (χ0n) is 16.3. The Kier molecular flexibility index (Phi) is 7.35. The molecule has 7 nitrogen and oxygen atoms in total. The smallest absolute Gasteiger partial charge is 0.338 e. The van der Waals surface area contributed by atoms with Crippen LogP contribution < -0.4 is 15.2 Å². The maximum atomic E-state index is 12.7. The summed E-state index contributed by atoms with van der Waals surface area (Å²) >= 11 is 3.49. The van der Waals surface area contributed by atoms with Crippen molar-refractivity contribution < 1.29 is 23.7 Å². The zero-order chi connectivity index (χ0) is 20.8. The van der Waals surface area contributed by atoms with Gasteiger partial charge < -0.3 is 24.7 Å². The van der Waals surface area contributed by atoms with Crippen LogP contribution in [0.5, 0.6) is 11.5 Å². The van der Waals surface area contributed by atoms with E-state index in [9.17, 15) is 10.1 Å². The Morgan fingerprint density at radius 1 is 1.21 bits per heavy atom. The predicted octanol–water partition coefficient (Wildman–Crippen LogP) is 3.89. The van der Waals surface area contributed by atoms with Gasteiger partial charge in [0, 0.05) is 11.6 Å². The Morgan fingerprint density at radius 3 is 2.43 bits per heavy atom. The van der Waals surface area contributed by atoms with Crippen LogP contribution in [0.15, 0.2) is 39.4 Å². The summed E-state index contributed by atoms with van der Waals surface area (Å²) in [5.74, 6) is -0.0475. The van der Waals surface area contributed by atoms with Gasteiger partial charge in [-0.2, -0.15) is 5.26 Å². The van der Waals surface area contributed by atoms with Crippen molar-refractivity contribution in [3.63, 3.8) is 0 Å². The first-order valence-corrected chi connectivity index (χ1v) is 9.73. The maximum absolute atomic E-state index is 12.7. The monoisotopic (exact) mass is 450 g/mol. The topological polar surface area (TPSA) is 104 Å². The fourth-order valence-corrected chi connectivity index (χ4v) is 3.46. The molecule has 28 heavy (non-hydrogen) atoms. The molecule has 8 heteroatoms. The molecule has 1 unspecified atom stereocenters. The molecule has 150 valence electrons. The third kappa shape index (κ3) is 4.25. The summed E-state index contributed by atoms with van der Waals surface area (Å²) in [4.78, 5) is 12.7. The van der Waals surface area contributed by atoms with Gasteiger partial charge in [0.2, 0.25) is 5.88 Å². The van der Waals surface area contributed by atoms with Crippen LogP contribution in [0.3, 0.4) is 0 Å². The molecule has 0 bridgehead atoms. The Hall–Kier alpha value is -2.66. The minimum Gasteiger partial charge on any atom is -0.493 e. The second-order valence-corrected chi connectivity index (χ2v) is 6.66. The molecule has 0 fully saturated rings. The van der Waals surface area contributed by atoms with Crippen LogP contribution in [0.2, 0.25) is 0 Å². The number of nitrogens with two attached hydrogens (primary N) is 1. The molecule has 1 aliphatic heterocycles. The second-order valence-electron chi connectivity index (χ2n) is 5.80. The Labute approximate surface area is 172 Å². The van der Waals surface area contributed by atoms with Gasteiger partial charge in [0.1, 0.15) is 28.9 Å². The van der Waals surface area contributed by atoms with Crippen molar-refractivity contribution in [2.45, 2.75) is 33.6 Å². The van der Waals surface area contributed by atoms with Gasteiger partial charge in [-0.25, -0.2) is 4.79 Å². The van der Waals surface area contributed by atoms with Crippen molar-refractivity contribution in [1.82, 2.24) is 0 Å². The fraction of sp³-hybridized carbons (Fsp3) is 0.400. The standard InChI is InChI=1S/C20H23BrN2O5/c1-5-25-15-9-16(26-6-2)14(21)8-12(15)18-13(10-22)19(23)28-11(4)17(18)20(24)27-7-3/h8-9,18H,5-7,23H2,1-4H3. The van der Waals surface area contributed by atoms with E-state index in [1.807, 2.05) is 13.8 Å². The molecule has 0 radical (unpaired) electrons. The lowest BCUT2D eigenvalue weighted by molar-refractivity contribution is -0.139. The van der Waals surface area contributed by atoms with Gasteiger partial charge in [0.15, 0.2) is 0 Å². The third-order valence-corrected chi connectivity index (χ3v) is 4.70. The Balaban J connectivity index is 2.74. The average Bonchev–Trinajstić information content (AvgIpc) is 2.64. The molecule has 2 rings (SSSR count). The molecule has 0 saturated carbocycles. The van der Waals surface area contributed by atoms with Crippen LogP contribution in [0.25, 0.3) is 0 Å². The number of nitrogens with zero attached hydrogens (tertiary/aromatic N) is 1. The molecule has 0 saturated heterocycles. The number of carbonyl (C=O) groups is 1. The second kappa shape index (κ2) is 9.51. The van der Waals surface area contributed by atoms with Crippen LogP contribution in [0.4, 0.5) is 0 Å². The van der Waals surface area contributed by atoms with E-state index in [1.165, 1.54) is 0 Å². The summed E-state index contributed by atoms with van der Waals surface area (Å²) in [6.45, 7) is 8.10. The number of halogens is 1. The average molecular weight is 451 g/mol. The van der Waals surface area contributed by atoms with E-state index < -0.39 is 11.9 Å². The maximum Gasteiger partial charge on any atom is 0.338 e. The van der Waals surface area contributed by atoms with E-state index in [0.717, 1.165) is 0 Å². The molecule has 0 aliphatic carbocycles. The predicted molar refractivity (Wildman–Crippen MR) is 106 cm³/mol. The molecule has 1 aromatic rings. The van der Waals surface area contributed by atoms with E-state index in [2.05, 4.69) is 22.0 Å². The van der Waals surface area contributed by atoms with Crippen LogP contribution >= 0.6 is 15.9 Å². The number of benzene rings is 1. The molecule has 1 atom stereocenters. The number of hydrogen-bond donors (Lipinski definition) is 1. The summed E-state index contributed by atoms with van der Waals surface area (Å²) in [5, 5.41) is 9.72. The van der Waals surface area contributed by atoms with Gasteiger partial charge in [0.05, 0.1) is 35.8 Å². The lowest BCUT2D eigenvalue weighted by atomic mass is 9.82. The number of carbonyl (C=O) groups excluding carboxylic acids is 1. The number of rotatable bonds is 7. The first-order chi connectivity index (χ1) is 13.4. The van der Waals surface area contributed by atoms with E-state index >= 15 is 0 Å². The summed E-state index contributed by atoms with van der Waals surface area (Å²) in [6, 6.07) is 5.56. The minimum atomic E-state index is -0.786. The van der Waals surface area contributed by atoms with Crippen molar-refractivity contribution in [2.75, 3.05) is 19.8 Å². The van der Waals surface area contributed by atoms with Crippen LogP contribution in [-0.2, 0) is 14.3 Å². The summed E-state index contributed by atoms with van der Waals surface area (Å²) in [6.07, 6.45) is 0. The molecule has 2 N–H and O–H groups in total. The Bertz CT molecular complexity index is 870. The third-order valence-electron chi connectivity index (χ3n) is 4.08. The quantitative estimate of drug-likeness (QED) is 0.628. The lowest BCUT2D eigenvalue weighted by Gasteiger charge is -2.28. The zero-order valence-corrected chi connectivity index (χ0v) is 17.9. The summed E-state index contributed by atoms with van der Waals surface area (Å²) in [5.41, 5.74) is 6.87. The van der Waals surface area contributed by atoms with E-state index in [-0.39, 0.29) is 29.4 Å². The fourth-order valence-electron chi connectivity index (χ4n) is 2.99. The first-order valence-electron chi connectivity index (χ1n) is 8.93. The molecule has 1 aromatic carbocycles. The van der Waals surface area contributed by atoms with E-state index in [4.69, 9.17) is 24.7 Å². The van der Waals surface area contributed by atoms with E-state index in [0.29, 0.717) is 34.7 Å². The largest absolute Gasteiger partial charge is 0.493 e. The van der Waals surface area contributed by atoms with Gasteiger partial charge in [-0.1, -0.05) is 0 Å². The number of esters is 1. The molecule has 1 heterocycles. The molecule has 0 spiro atoms. The number of hydrogen-bond acceptors (Lipinski definition) is 7. The first kappa shape index (κ1) is 21.6. The van der Waals surface area contributed by atoms with Crippen LogP contribution in [0, 0.1) is 11.3 Å². The summed E-state index contributed by atoms with van der Waals surface area (Å²) in [7, 11) is 0. The highest BCUT2D eigenvalue weighted by atomic mass is 79.9. The van der Waals surface area contributed by atoms with Crippen molar-refractivity contribution in [3.05, 3.63) is 45.0 Å². The molecule has 0 aromatic heterocycles. The van der Waals surface area contributed by atoms with Crippen molar-refractivity contribution in [2.24, 2.45) is 5.73 Å². The highest BCUT2D eigenvalue weighted by molar-refractivity contribution is 9.10. The van der Waals surface area contributed by atoms with Gasteiger partial charge in [-0.05, 0) is 49.7 Å². The van der Waals surface area contributed by atoms with Crippen molar-refractivity contribution in [3.8, 4) is 17.6 Å². The lowest BCUT2D eigenvalue weighted by Crippen LogP contribution is -2.26. The molecule has 1 aliphatic rings. The number of ether oxygens (including phenoxy) is 4. The van der Waals surface area contributed by atoms with E-state index in [1.54, 1.807) is 26.0 Å². The molecular formula is C20H23BrN2O5. The SMILES string of the molecule is CCOC(=O)C1=C(C)OC(N)=C(C#N)C1c1cc(Br)c(OCC)cc1OCC. The van der Waals surface area contributed by atoms with Crippen LogP contribution in [-0.4, -0.2) is 25.8 Å². The highest BCUT2D eigenvalue weighted by Crippen LogP contribution is 2.46. The minimum absolute atomic E-state index is 0.0505. The highest BCUT2D eigenvalue weighted by Gasteiger charge is 2.38. The van der Waals surface area contributed by atoms with Crippen molar-refractivity contribution in [1.29, 1.82) is 5.26 Å². The van der Waals surface area contributed by atoms with Gasteiger partial charge >= 0.3 is 5.97 Å². The van der Waals surface area contributed by atoms with Crippen molar-refractivity contribution >= 4 is 21.9 Å².